The molecule has 0 saturated carbocycles. The number of halogens is 2. The van der Waals surface area contributed by atoms with Crippen molar-refractivity contribution in [1.82, 2.24) is 9.97 Å². The number of H-pyrrole nitrogens is 2. The van der Waals surface area contributed by atoms with Crippen LogP contribution in [-0.4, -0.2) is 15.1 Å². The van der Waals surface area contributed by atoms with Gasteiger partial charge in [0, 0.05) is 6.07 Å². The topological polar surface area (TPSA) is 68.9 Å². The molecule has 1 heterocycles. The molecule has 4 nitrogen and oxygen atoms in total. The van der Waals surface area contributed by atoms with Crippen molar-refractivity contribution in [1.29, 1.82) is 0 Å². The lowest BCUT2D eigenvalue weighted by atomic mass is 9.94. The maximum atomic E-state index is 14.8. The summed E-state index contributed by atoms with van der Waals surface area (Å²) in [6.45, 7) is 3.43. The molecule has 4 rings (SSSR count). The summed E-state index contributed by atoms with van der Waals surface area (Å²) in [7, 11) is 0. The van der Waals surface area contributed by atoms with Crippen molar-refractivity contribution in [3.05, 3.63) is 82.3 Å². The summed E-state index contributed by atoms with van der Waals surface area (Å²) in [4.78, 5) is 16.1. The van der Waals surface area contributed by atoms with Crippen LogP contribution in [0.4, 0.5) is 8.78 Å². The average Bonchev–Trinajstić information content (AvgIpc) is 3.02. The minimum absolute atomic E-state index is 0.0484. The van der Waals surface area contributed by atoms with Gasteiger partial charge in [-0.3, -0.25) is 0 Å². The quantitative estimate of drug-likeness (QED) is 0.482. The van der Waals surface area contributed by atoms with Crippen molar-refractivity contribution in [3.8, 4) is 22.3 Å². The zero-order valence-electron chi connectivity index (χ0n) is 15.3. The number of imidazole rings is 1. The van der Waals surface area contributed by atoms with Crippen LogP contribution in [0.3, 0.4) is 0 Å². The Morgan fingerprint density at radius 3 is 1.96 bits per heavy atom. The van der Waals surface area contributed by atoms with Gasteiger partial charge in [0.1, 0.15) is 11.3 Å². The predicted molar refractivity (Wildman–Crippen MR) is 105 cm³/mol. The van der Waals surface area contributed by atoms with E-state index in [9.17, 15) is 18.7 Å². The van der Waals surface area contributed by atoms with Crippen LogP contribution in [0.5, 0.6) is 0 Å². The van der Waals surface area contributed by atoms with Crippen LogP contribution in [-0.2, 0) is 5.60 Å². The molecule has 3 aromatic carbocycles. The summed E-state index contributed by atoms with van der Waals surface area (Å²) in [5, 5.41) is 10.0. The van der Waals surface area contributed by atoms with Crippen LogP contribution < -0.4 is 5.69 Å². The van der Waals surface area contributed by atoms with Gasteiger partial charge in [0.25, 0.3) is 0 Å². The predicted octanol–water partition coefficient (Wildman–Crippen LogP) is 4.70. The first kappa shape index (κ1) is 18.1. The fourth-order valence-corrected chi connectivity index (χ4v) is 3.27. The Balaban J connectivity index is 1.72. The van der Waals surface area contributed by atoms with Crippen molar-refractivity contribution < 1.29 is 13.9 Å². The van der Waals surface area contributed by atoms with E-state index in [1.54, 1.807) is 38.1 Å². The van der Waals surface area contributed by atoms with E-state index in [0.29, 0.717) is 5.56 Å². The molecule has 142 valence electrons. The van der Waals surface area contributed by atoms with Crippen LogP contribution in [0.25, 0.3) is 33.3 Å². The Hall–Kier alpha value is -3.25. The highest BCUT2D eigenvalue weighted by atomic mass is 19.1. The molecule has 0 radical (unpaired) electrons. The number of aromatic amines is 2. The van der Waals surface area contributed by atoms with Gasteiger partial charge in [-0.2, -0.15) is 0 Å². The molecule has 0 aliphatic heterocycles. The highest BCUT2D eigenvalue weighted by Crippen LogP contribution is 2.32. The van der Waals surface area contributed by atoms with Crippen LogP contribution in [0.2, 0.25) is 0 Å². The van der Waals surface area contributed by atoms with Crippen LogP contribution in [0, 0.1) is 11.6 Å². The van der Waals surface area contributed by atoms with Crippen molar-refractivity contribution >= 4 is 11.0 Å². The Bertz CT molecular complexity index is 1220. The molecule has 0 unspecified atom stereocenters. The van der Waals surface area contributed by atoms with Crippen molar-refractivity contribution in [2.24, 2.45) is 0 Å². The normalized spacial score (nSPS) is 11.9. The lowest BCUT2D eigenvalue weighted by Gasteiger charge is -2.18. The van der Waals surface area contributed by atoms with Gasteiger partial charge in [-0.25, -0.2) is 13.6 Å². The fourth-order valence-electron chi connectivity index (χ4n) is 3.27. The first-order chi connectivity index (χ1) is 13.2. The number of rotatable bonds is 3. The summed E-state index contributed by atoms with van der Waals surface area (Å²) in [5.74, 6) is -1.56. The highest BCUT2D eigenvalue weighted by Gasteiger charge is 2.18. The van der Waals surface area contributed by atoms with Crippen molar-refractivity contribution in [3.63, 3.8) is 0 Å². The van der Waals surface area contributed by atoms with E-state index >= 15 is 0 Å². The van der Waals surface area contributed by atoms with Crippen LogP contribution in [0.1, 0.15) is 19.4 Å². The standard InChI is InChI=1S/C22H18F2N2O2/c1-22(2,28)15-9-7-13(8-10-15)12-3-5-14(6-4-12)18-16(23)11-17-20(19(18)24)26-21(27)25-17/h3-11,28H,1-2H3,(H2,25,26,27). The number of aromatic nitrogens is 2. The lowest BCUT2D eigenvalue weighted by Crippen LogP contribution is -2.14. The molecule has 0 fully saturated rings. The molecule has 0 aliphatic rings. The minimum atomic E-state index is -0.921. The zero-order chi connectivity index (χ0) is 20.1. The number of nitrogens with one attached hydrogen (secondary N) is 2. The van der Waals surface area contributed by atoms with E-state index in [2.05, 4.69) is 9.97 Å². The molecule has 0 bridgehead atoms. The number of hydrogen-bond acceptors (Lipinski definition) is 2. The number of benzene rings is 3. The van der Waals surface area contributed by atoms with E-state index in [1.807, 2.05) is 24.3 Å². The van der Waals surface area contributed by atoms with Gasteiger partial charge in [-0.05, 0) is 36.1 Å². The fraction of sp³-hybridized carbons (Fsp3) is 0.136. The van der Waals surface area contributed by atoms with E-state index in [-0.39, 0.29) is 16.6 Å². The molecule has 0 spiro atoms. The van der Waals surface area contributed by atoms with Gasteiger partial charge in [0.2, 0.25) is 0 Å². The Labute approximate surface area is 159 Å². The molecule has 0 aliphatic carbocycles. The van der Waals surface area contributed by atoms with E-state index in [4.69, 9.17) is 0 Å². The van der Waals surface area contributed by atoms with E-state index in [1.165, 1.54) is 0 Å². The maximum absolute atomic E-state index is 14.8. The number of aliphatic hydroxyl groups is 1. The Morgan fingerprint density at radius 2 is 1.39 bits per heavy atom. The molecular weight excluding hydrogens is 362 g/mol. The summed E-state index contributed by atoms with van der Waals surface area (Å²) in [6, 6.07) is 15.4. The van der Waals surface area contributed by atoms with Crippen molar-refractivity contribution in [2.45, 2.75) is 19.4 Å². The van der Waals surface area contributed by atoms with Crippen molar-refractivity contribution in [2.75, 3.05) is 0 Å². The molecule has 4 aromatic rings. The first-order valence-corrected chi connectivity index (χ1v) is 8.78. The van der Waals surface area contributed by atoms with Crippen LogP contribution in [0.15, 0.2) is 59.4 Å². The molecular formula is C22H18F2N2O2. The van der Waals surface area contributed by atoms with Gasteiger partial charge in [0.15, 0.2) is 5.82 Å². The van der Waals surface area contributed by atoms with Gasteiger partial charge < -0.3 is 15.1 Å². The summed E-state index contributed by atoms with van der Waals surface area (Å²) in [6.07, 6.45) is 0. The maximum Gasteiger partial charge on any atom is 0.323 e. The molecule has 28 heavy (non-hydrogen) atoms. The van der Waals surface area contributed by atoms with Crippen LogP contribution >= 0.6 is 0 Å². The number of fused-ring (bicyclic) bond motifs is 1. The molecule has 0 atom stereocenters. The van der Waals surface area contributed by atoms with Gasteiger partial charge >= 0.3 is 5.69 Å². The van der Waals surface area contributed by atoms with Gasteiger partial charge in [0.05, 0.1) is 16.7 Å². The SMILES string of the molecule is CC(C)(O)c1ccc(-c2ccc(-c3c(F)cc4[nH]c(=O)[nH]c4c3F)cc2)cc1. The lowest BCUT2D eigenvalue weighted by molar-refractivity contribution is 0.0786. The van der Waals surface area contributed by atoms with Gasteiger partial charge in [-0.15, -0.1) is 0 Å². The molecule has 0 saturated heterocycles. The smallest absolute Gasteiger partial charge is 0.323 e. The summed E-state index contributed by atoms with van der Waals surface area (Å²) in [5.41, 5.74) is 1.31. The second-order valence-corrected chi connectivity index (χ2v) is 7.26. The largest absolute Gasteiger partial charge is 0.386 e. The molecule has 1 aromatic heterocycles. The molecule has 6 heteroatoms. The third-order valence-corrected chi connectivity index (χ3v) is 4.80. The molecule has 3 N–H and O–H groups in total. The Kier molecular flexibility index (Phi) is 4.16. The Morgan fingerprint density at radius 1 is 0.857 bits per heavy atom. The number of hydrogen-bond donors (Lipinski definition) is 3. The second-order valence-electron chi connectivity index (χ2n) is 7.26. The summed E-state index contributed by atoms with van der Waals surface area (Å²) < 4.78 is 29.2. The zero-order valence-corrected chi connectivity index (χ0v) is 15.3. The monoisotopic (exact) mass is 380 g/mol. The van der Waals surface area contributed by atoms with E-state index < -0.39 is 22.9 Å². The summed E-state index contributed by atoms with van der Waals surface area (Å²) >= 11 is 0. The third kappa shape index (κ3) is 3.12. The van der Waals surface area contributed by atoms with Gasteiger partial charge in [-0.1, -0.05) is 48.5 Å². The average molecular weight is 380 g/mol. The highest BCUT2D eigenvalue weighted by molar-refractivity contribution is 5.83. The van der Waals surface area contributed by atoms with E-state index in [0.717, 1.165) is 22.8 Å². The second kappa shape index (κ2) is 6.42. The first-order valence-electron chi connectivity index (χ1n) is 8.78. The molecule has 0 amide bonds. The third-order valence-electron chi connectivity index (χ3n) is 4.80. The minimum Gasteiger partial charge on any atom is -0.386 e.